The molecule has 0 bridgehead atoms. The Hall–Kier alpha value is -0.390. The fourth-order valence-electron chi connectivity index (χ4n) is 1.22. The van der Waals surface area contributed by atoms with Gasteiger partial charge in [-0.15, -0.1) is 0 Å². The van der Waals surface area contributed by atoms with Crippen molar-refractivity contribution < 1.29 is 29.0 Å². The van der Waals surface area contributed by atoms with Crippen LogP contribution in [0.5, 0.6) is 0 Å². The molecule has 92 valence electrons. The van der Waals surface area contributed by atoms with Crippen LogP contribution in [-0.2, 0) is 11.0 Å². The minimum absolute atomic E-state index is 0.339. The van der Waals surface area contributed by atoms with E-state index >= 15 is 0 Å². The van der Waals surface area contributed by atoms with Crippen molar-refractivity contribution in [3.63, 3.8) is 0 Å². The molecule has 0 fully saturated rings. The maximum atomic E-state index is 11.0. The Labute approximate surface area is 92.2 Å². The zero-order valence-electron chi connectivity index (χ0n) is 8.13. The van der Waals surface area contributed by atoms with Crippen molar-refractivity contribution in [2.75, 3.05) is 0 Å². The molecule has 1 aromatic rings. The first-order valence-corrected chi connectivity index (χ1v) is 7.92. The molecule has 0 radical (unpaired) electrons. The van der Waals surface area contributed by atoms with Gasteiger partial charge in [-0.2, -0.15) is 0 Å². The number of nitrogens with zero attached hydrogens (tertiary/aromatic N) is 1. The summed E-state index contributed by atoms with van der Waals surface area (Å²) in [6.45, 7) is 0. The van der Waals surface area contributed by atoms with Gasteiger partial charge in [0.2, 0.25) is 0 Å². The predicted octanol–water partition coefficient (Wildman–Crippen LogP) is -0.400. The third kappa shape index (κ3) is 3.88. The predicted molar refractivity (Wildman–Crippen MR) is 58.7 cm³/mol. The van der Waals surface area contributed by atoms with Crippen LogP contribution in [0.2, 0.25) is 0 Å². The average molecular weight is 269 g/mol. The fraction of sp³-hybridized carbons (Fsp3) is 0.286. The zero-order valence-corrected chi connectivity index (χ0v) is 10.0. The van der Waals surface area contributed by atoms with Crippen LogP contribution >= 0.6 is 15.5 Å². The second-order valence-electron chi connectivity index (χ2n) is 3.36. The Bertz CT molecular complexity index is 386. The minimum atomic E-state index is -4.90. The van der Waals surface area contributed by atoms with Gasteiger partial charge in [-0.3, -0.25) is 0 Å². The van der Waals surface area contributed by atoms with Crippen molar-refractivity contribution in [3.8, 4) is 0 Å². The summed E-state index contributed by atoms with van der Waals surface area (Å²) in [5.41, 5.74) is 0.407. The molecule has 1 unspecified atom stereocenters. The Kier molecular flexibility index (Phi) is 4.15. The van der Waals surface area contributed by atoms with Crippen LogP contribution in [0.4, 0.5) is 0 Å². The first-order valence-electron chi connectivity index (χ1n) is 4.32. The van der Waals surface area contributed by atoms with E-state index in [4.69, 9.17) is 24.5 Å². The van der Waals surface area contributed by atoms with Crippen molar-refractivity contribution >= 4 is 15.5 Å². The van der Waals surface area contributed by atoms with Crippen LogP contribution < -0.4 is 0 Å². The van der Waals surface area contributed by atoms with Gasteiger partial charge in [0.25, 0.3) is 0 Å². The summed E-state index contributed by atoms with van der Waals surface area (Å²) >= 11 is 0. The third-order valence-electron chi connectivity index (χ3n) is 2.00. The second-order valence-corrected chi connectivity index (χ2v) is 7.72. The Morgan fingerprint density at radius 2 is 2.00 bits per heavy atom. The van der Waals surface area contributed by atoms with E-state index in [1.54, 1.807) is 6.07 Å². The number of rotatable bonds is 4. The van der Waals surface area contributed by atoms with Crippen LogP contribution in [0.3, 0.4) is 0 Å². The molecule has 16 heavy (non-hydrogen) atoms. The van der Waals surface area contributed by atoms with Gasteiger partial charge in [0.1, 0.15) is 0 Å². The number of aromatic nitrogens is 1. The van der Waals surface area contributed by atoms with Crippen molar-refractivity contribution in [3.05, 3.63) is 30.1 Å². The van der Waals surface area contributed by atoms with Crippen molar-refractivity contribution in [1.82, 2.24) is 4.98 Å². The van der Waals surface area contributed by atoms with Gasteiger partial charge in [-0.05, 0) is 0 Å². The average Bonchev–Trinajstić information content (AvgIpc) is 2.12. The van der Waals surface area contributed by atoms with Crippen molar-refractivity contribution in [2.45, 2.75) is 11.8 Å². The van der Waals surface area contributed by atoms with Crippen molar-refractivity contribution in [2.24, 2.45) is 0 Å². The van der Waals surface area contributed by atoms with E-state index in [1.165, 1.54) is 18.5 Å². The topological polar surface area (TPSA) is 131 Å². The Morgan fingerprint density at radius 3 is 2.38 bits per heavy atom. The summed E-state index contributed by atoms with van der Waals surface area (Å²) in [6.07, 6.45) is 2.47. The molecular formula is C7H13NO6P2. The third-order valence-corrected chi connectivity index (χ3v) is 6.15. The molecule has 0 amide bonds. The number of pyridine rings is 1. The zero-order chi connectivity index (χ0) is 12.4. The van der Waals surface area contributed by atoms with Gasteiger partial charge < -0.3 is 0 Å². The molecule has 0 saturated carbocycles. The maximum absolute atomic E-state index is 11.0. The van der Waals surface area contributed by atoms with Gasteiger partial charge in [0.15, 0.2) is 0 Å². The first kappa shape index (κ1) is 13.7. The van der Waals surface area contributed by atoms with E-state index in [0.29, 0.717) is 5.56 Å². The summed E-state index contributed by atoms with van der Waals surface area (Å²) in [5.74, 6) is 0. The summed E-state index contributed by atoms with van der Waals surface area (Å²) in [7, 11) is -9.67. The monoisotopic (exact) mass is 269 g/mol. The molecular weight excluding hydrogens is 256 g/mol. The van der Waals surface area contributed by atoms with Gasteiger partial charge in [0.05, 0.1) is 0 Å². The van der Waals surface area contributed by atoms with E-state index in [9.17, 15) is 4.57 Å². The number of hydrogen-bond acceptors (Lipinski definition) is 5. The van der Waals surface area contributed by atoms with Gasteiger partial charge in [-0.25, -0.2) is 0 Å². The molecule has 5 N–H and O–H groups in total. The summed E-state index contributed by atoms with van der Waals surface area (Å²) in [4.78, 5) is 48.6. The van der Waals surface area contributed by atoms with E-state index in [0.717, 1.165) is 0 Å². The van der Waals surface area contributed by atoms with Gasteiger partial charge in [-0.1, -0.05) is 0 Å². The summed E-state index contributed by atoms with van der Waals surface area (Å²) in [6, 6.07) is 3.07. The molecule has 1 rings (SSSR count). The van der Waals surface area contributed by atoms with Crippen LogP contribution in [0, 0.1) is 0 Å². The summed E-state index contributed by atoms with van der Waals surface area (Å²) in [5, 5.41) is -1.87. The molecule has 0 aliphatic rings. The van der Waals surface area contributed by atoms with E-state index in [-0.39, 0.29) is 6.42 Å². The fourth-order valence-corrected chi connectivity index (χ4v) is 3.99. The first-order chi connectivity index (χ1) is 7.21. The molecule has 0 spiro atoms. The quantitative estimate of drug-likeness (QED) is 0.470. The molecule has 0 aromatic carbocycles. The molecule has 7 nitrogen and oxygen atoms in total. The Balaban J connectivity index is 2.94. The molecule has 1 atom stereocenters. The van der Waals surface area contributed by atoms with Gasteiger partial charge in [0, 0.05) is 0 Å². The van der Waals surface area contributed by atoms with Gasteiger partial charge >= 0.3 is 91.5 Å². The molecule has 1 aromatic heterocycles. The number of hydrogen-bond donors (Lipinski definition) is 5. The summed E-state index contributed by atoms with van der Waals surface area (Å²) < 4.78 is 11.0. The van der Waals surface area contributed by atoms with E-state index in [1.807, 2.05) is 0 Å². The SMILES string of the molecule is O=P(O)(O)C(Cc1cccnc1)[PH](O)(O)O. The standard InChI is InChI=1S/C7H13NO6P2/c9-15(10,11)7(16(12,13)14)4-6-2-1-3-8-5-6/h1-3,5,7,9-11,15H,4H2,(H2,12,13,14). The van der Waals surface area contributed by atoms with E-state index in [2.05, 4.69) is 4.98 Å². The van der Waals surface area contributed by atoms with Crippen molar-refractivity contribution in [1.29, 1.82) is 0 Å². The van der Waals surface area contributed by atoms with Crippen LogP contribution in [0.15, 0.2) is 24.5 Å². The molecule has 9 heteroatoms. The van der Waals surface area contributed by atoms with Crippen LogP contribution in [0.25, 0.3) is 0 Å². The molecule has 0 saturated heterocycles. The molecule has 0 aliphatic heterocycles. The second kappa shape index (κ2) is 4.85. The van der Waals surface area contributed by atoms with Crippen LogP contribution in [0.1, 0.15) is 5.56 Å². The van der Waals surface area contributed by atoms with E-state index < -0.39 is 20.9 Å². The Morgan fingerprint density at radius 1 is 1.38 bits per heavy atom. The molecule has 0 aliphatic carbocycles. The normalized spacial score (nSPS) is 15.8. The van der Waals surface area contributed by atoms with Crippen LogP contribution in [-0.4, -0.2) is 34.9 Å². The molecule has 1 heterocycles.